The van der Waals surface area contributed by atoms with Crippen molar-refractivity contribution >= 4 is 0 Å². The largest absolute Gasteiger partial charge is 0.330 e. The van der Waals surface area contributed by atoms with Crippen molar-refractivity contribution in [1.82, 2.24) is 0 Å². The summed E-state index contributed by atoms with van der Waals surface area (Å²) in [6.07, 6.45) is -0.241. The molecule has 0 bridgehead atoms. The van der Waals surface area contributed by atoms with Crippen molar-refractivity contribution in [2.45, 2.75) is 27.0 Å². The van der Waals surface area contributed by atoms with Gasteiger partial charge in [0.25, 0.3) is 0 Å². The molecule has 0 heterocycles. The van der Waals surface area contributed by atoms with E-state index in [-0.39, 0.29) is 6.23 Å². The quantitative estimate of drug-likeness (QED) is 0.528. The maximum Gasteiger partial charge on any atom is 0.330 e. The van der Waals surface area contributed by atoms with Crippen LogP contribution in [-0.2, 0) is 4.74 Å². The summed E-state index contributed by atoms with van der Waals surface area (Å²) in [4.78, 5) is 3.31. The normalized spacial score (nSPS) is 13.2. The lowest BCUT2D eigenvalue weighted by Crippen LogP contribution is -2.14. The Balaban J connectivity index is 3.58. The second-order valence-corrected chi connectivity index (χ2v) is 2.22. The molecule has 0 fully saturated rings. The van der Waals surface area contributed by atoms with Crippen molar-refractivity contribution in [2.75, 3.05) is 6.61 Å². The van der Waals surface area contributed by atoms with E-state index >= 15 is 0 Å². The molecule has 0 spiro atoms. The zero-order valence-electron chi connectivity index (χ0n) is 6.22. The highest BCUT2D eigenvalue weighted by Crippen LogP contribution is 2.06. The third-order valence-electron chi connectivity index (χ3n) is 1.03. The van der Waals surface area contributed by atoms with Crippen LogP contribution >= 0.6 is 0 Å². The number of rotatable bonds is 3. The van der Waals surface area contributed by atoms with E-state index in [0.717, 1.165) is 0 Å². The molecule has 52 valence electrons. The van der Waals surface area contributed by atoms with Crippen LogP contribution in [0.4, 0.5) is 0 Å². The van der Waals surface area contributed by atoms with Crippen LogP contribution < -0.4 is 0 Å². The van der Waals surface area contributed by atoms with Crippen molar-refractivity contribution in [2.24, 2.45) is 5.92 Å². The zero-order valence-corrected chi connectivity index (χ0v) is 6.22. The minimum atomic E-state index is -0.241. The fourth-order valence-electron chi connectivity index (χ4n) is 0.550. The Hall–Kier alpha value is -0.550. The van der Waals surface area contributed by atoms with E-state index in [1.165, 1.54) is 0 Å². The van der Waals surface area contributed by atoms with E-state index in [1.807, 2.05) is 20.8 Å². The van der Waals surface area contributed by atoms with E-state index in [2.05, 4.69) is 4.85 Å². The molecule has 0 aromatic rings. The topological polar surface area (TPSA) is 13.6 Å². The third-order valence-corrected chi connectivity index (χ3v) is 1.03. The fraction of sp³-hybridized carbons (Fsp3) is 0.857. The van der Waals surface area contributed by atoms with Crippen molar-refractivity contribution in [1.29, 1.82) is 0 Å². The fourth-order valence-corrected chi connectivity index (χ4v) is 0.550. The molecule has 0 N–H and O–H groups in total. The Morgan fingerprint density at radius 1 is 1.56 bits per heavy atom. The van der Waals surface area contributed by atoms with Crippen LogP contribution in [0.15, 0.2) is 0 Å². The van der Waals surface area contributed by atoms with Gasteiger partial charge in [-0.25, -0.2) is 6.57 Å². The lowest BCUT2D eigenvalue weighted by molar-refractivity contribution is 0.0630. The average molecular weight is 127 g/mol. The molecule has 0 aliphatic heterocycles. The van der Waals surface area contributed by atoms with E-state index in [1.54, 1.807) is 0 Å². The molecule has 0 saturated heterocycles. The molecule has 1 unspecified atom stereocenters. The SMILES string of the molecule is [C-]#[N+]C(OCC)C(C)C. The summed E-state index contributed by atoms with van der Waals surface area (Å²) in [6, 6.07) is 0. The standard InChI is InChI=1S/C7H13NO/c1-5-9-7(8-4)6(2)3/h6-7H,5H2,1-3H3. The first kappa shape index (κ1) is 8.45. The van der Waals surface area contributed by atoms with Crippen molar-refractivity contribution in [3.8, 4) is 0 Å². The number of nitrogens with zero attached hydrogens (tertiary/aromatic N) is 1. The Morgan fingerprint density at radius 2 is 2.11 bits per heavy atom. The number of hydrogen-bond donors (Lipinski definition) is 0. The second kappa shape index (κ2) is 4.34. The van der Waals surface area contributed by atoms with E-state index in [4.69, 9.17) is 11.3 Å². The molecule has 0 aliphatic rings. The van der Waals surface area contributed by atoms with Crippen LogP contribution in [0.1, 0.15) is 20.8 Å². The predicted octanol–water partition coefficient (Wildman–Crippen LogP) is 1.92. The molecule has 2 nitrogen and oxygen atoms in total. The molecule has 2 heteroatoms. The van der Waals surface area contributed by atoms with E-state index in [9.17, 15) is 0 Å². The molecule has 0 rings (SSSR count). The van der Waals surface area contributed by atoms with Gasteiger partial charge in [0.1, 0.15) is 0 Å². The Morgan fingerprint density at radius 3 is 2.22 bits per heavy atom. The van der Waals surface area contributed by atoms with Gasteiger partial charge < -0.3 is 4.74 Å². The lowest BCUT2D eigenvalue weighted by atomic mass is 10.2. The molecule has 9 heavy (non-hydrogen) atoms. The first-order valence-electron chi connectivity index (χ1n) is 3.20. The summed E-state index contributed by atoms with van der Waals surface area (Å²) in [5, 5.41) is 0. The summed E-state index contributed by atoms with van der Waals surface area (Å²) < 4.78 is 5.10. The molecular weight excluding hydrogens is 114 g/mol. The summed E-state index contributed by atoms with van der Waals surface area (Å²) in [6.45, 7) is 13.2. The Bertz CT molecular complexity index is 104. The van der Waals surface area contributed by atoms with Gasteiger partial charge in [-0.2, -0.15) is 0 Å². The first-order valence-corrected chi connectivity index (χ1v) is 3.20. The number of hydrogen-bond acceptors (Lipinski definition) is 1. The van der Waals surface area contributed by atoms with Crippen molar-refractivity contribution < 1.29 is 4.74 Å². The second-order valence-electron chi connectivity index (χ2n) is 2.22. The summed E-state index contributed by atoms with van der Waals surface area (Å²) in [5.74, 6) is 0.308. The van der Waals surface area contributed by atoms with Crippen LogP contribution in [-0.4, -0.2) is 12.8 Å². The van der Waals surface area contributed by atoms with Gasteiger partial charge in [-0.1, -0.05) is 13.8 Å². The van der Waals surface area contributed by atoms with Crippen molar-refractivity contribution in [3.63, 3.8) is 0 Å². The van der Waals surface area contributed by atoms with Gasteiger partial charge in [0, 0.05) is 0 Å². The highest BCUT2D eigenvalue weighted by atomic mass is 16.5. The molecule has 0 aliphatic carbocycles. The molecule has 1 atom stereocenters. The van der Waals surface area contributed by atoms with Crippen LogP contribution in [0.3, 0.4) is 0 Å². The van der Waals surface area contributed by atoms with Crippen LogP contribution in [0.2, 0.25) is 0 Å². The van der Waals surface area contributed by atoms with Gasteiger partial charge in [-0.15, -0.1) is 0 Å². The maximum atomic E-state index is 6.69. The van der Waals surface area contributed by atoms with Gasteiger partial charge in [0.2, 0.25) is 0 Å². The zero-order chi connectivity index (χ0) is 7.28. The minimum Gasteiger partial charge on any atom is -0.311 e. The molecule has 0 aromatic carbocycles. The smallest absolute Gasteiger partial charge is 0.311 e. The maximum absolute atomic E-state index is 6.69. The summed E-state index contributed by atoms with van der Waals surface area (Å²) in [7, 11) is 0. The van der Waals surface area contributed by atoms with Crippen LogP contribution in [0.5, 0.6) is 0 Å². The van der Waals surface area contributed by atoms with Gasteiger partial charge in [-0.3, -0.25) is 4.85 Å². The van der Waals surface area contributed by atoms with Crippen LogP contribution in [0.25, 0.3) is 4.85 Å². The van der Waals surface area contributed by atoms with Crippen LogP contribution in [0, 0.1) is 12.5 Å². The van der Waals surface area contributed by atoms with Gasteiger partial charge in [0.15, 0.2) is 0 Å². The molecule has 0 amide bonds. The van der Waals surface area contributed by atoms with Gasteiger partial charge in [0.05, 0.1) is 12.5 Å². The van der Waals surface area contributed by atoms with Gasteiger partial charge in [-0.05, 0) is 6.92 Å². The van der Waals surface area contributed by atoms with E-state index < -0.39 is 0 Å². The third kappa shape index (κ3) is 3.10. The number of ether oxygens (including phenoxy) is 1. The Labute approximate surface area is 56.6 Å². The lowest BCUT2D eigenvalue weighted by Gasteiger charge is -2.06. The predicted molar refractivity (Wildman–Crippen MR) is 36.9 cm³/mol. The monoisotopic (exact) mass is 127 g/mol. The molecule has 0 saturated carbocycles. The summed E-state index contributed by atoms with van der Waals surface area (Å²) in [5.41, 5.74) is 0. The van der Waals surface area contributed by atoms with E-state index in [0.29, 0.717) is 12.5 Å². The molecule has 0 radical (unpaired) electrons. The highest BCUT2D eigenvalue weighted by molar-refractivity contribution is 4.71. The highest BCUT2D eigenvalue weighted by Gasteiger charge is 2.15. The summed E-state index contributed by atoms with van der Waals surface area (Å²) >= 11 is 0. The minimum absolute atomic E-state index is 0.241. The molecule has 0 aromatic heterocycles. The van der Waals surface area contributed by atoms with Gasteiger partial charge >= 0.3 is 6.23 Å². The first-order chi connectivity index (χ1) is 4.22. The average Bonchev–Trinajstić information content (AvgIpc) is 1.82. The molecular formula is C7H13NO. The van der Waals surface area contributed by atoms with Crippen molar-refractivity contribution in [3.05, 3.63) is 11.4 Å². The Kier molecular flexibility index (Phi) is 4.08.